The molecular weight excluding hydrogens is 304 g/mol. The summed E-state index contributed by atoms with van der Waals surface area (Å²) >= 11 is 0. The van der Waals surface area contributed by atoms with Gasteiger partial charge in [-0.1, -0.05) is 13.8 Å². The Balaban J connectivity index is 1.99. The van der Waals surface area contributed by atoms with Crippen LogP contribution in [-0.4, -0.2) is 28.1 Å². The van der Waals surface area contributed by atoms with Crippen LogP contribution in [0.2, 0.25) is 0 Å². The molecule has 0 atom stereocenters. The third-order valence-corrected chi connectivity index (χ3v) is 3.32. The summed E-state index contributed by atoms with van der Waals surface area (Å²) in [7, 11) is 0. The van der Waals surface area contributed by atoms with Crippen molar-refractivity contribution in [1.29, 1.82) is 0 Å². The predicted molar refractivity (Wildman–Crippen MR) is 94.1 cm³/mol. The molecule has 24 heavy (non-hydrogen) atoms. The van der Waals surface area contributed by atoms with Crippen LogP contribution in [0.15, 0.2) is 30.3 Å². The lowest BCUT2D eigenvalue weighted by atomic mass is 10.1. The minimum atomic E-state index is -0.277. The number of nitrogens with one attached hydrogen (secondary N) is 3. The second-order valence-corrected chi connectivity index (χ2v) is 6.54. The van der Waals surface area contributed by atoms with Gasteiger partial charge in [0, 0.05) is 23.0 Å². The van der Waals surface area contributed by atoms with E-state index in [1.54, 1.807) is 30.3 Å². The Morgan fingerprint density at radius 2 is 1.75 bits per heavy atom. The maximum atomic E-state index is 12.2. The molecule has 0 radical (unpaired) electrons. The Morgan fingerprint density at radius 1 is 1.08 bits per heavy atom. The number of hydrogen-bond donors (Lipinski definition) is 3. The number of amides is 2. The highest BCUT2D eigenvalue weighted by Crippen LogP contribution is 2.12. The second-order valence-electron chi connectivity index (χ2n) is 6.54. The van der Waals surface area contributed by atoms with Gasteiger partial charge < -0.3 is 10.6 Å². The van der Waals surface area contributed by atoms with E-state index in [0.29, 0.717) is 22.9 Å². The van der Waals surface area contributed by atoms with E-state index in [0.717, 1.165) is 12.1 Å². The number of anilines is 1. The molecule has 1 heterocycles. The van der Waals surface area contributed by atoms with Crippen molar-refractivity contribution >= 4 is 17.5 Å². The fourth-order valence-electron chi connectivity index (χ4n) is 2.27. The molecule has 3 N–H and O–H groups in total. The highest BCUT2D eigenvalue weighted by molar-refractivity contribution is 6.03. The minimum Gasteiger partial charge on any atom is -0.350 e. The van der Waals surface area contributed by atoms with Gasteiger partial charge in [-0.05, 0) is 56.5 Å². The normalized spacial score (nSPS) is 10.9. The summed E-state index contributed by atoms with van der Waals surface area (Å²) in [6.07, 6.45) is 0.847. The van der Waals surface area contributed by atoms with Crippen LogP contribution >= 0.6 is 0 Å². The van der Waals surface area contributed by atoms with Crippen LogP contribution in [0.3, 0.4) is 0 Å². The molecule has 0 saturated heterocycles. The van der Waals surface area contributed by atoms with Crippen LogP contribution in [0.4, 0.5) is 5.69 Å². The molecule has 0 aliphatic heterocycles. The lowest BCUT2D eigenvalue weighted by molar-refractivity contribution is 0.0942. The average Bonchev–Trinajstić information content (AvgIpc) is 2.95. The predicted octanol–water partition coefficient (Wildman–Crippen LogP) is 3.00. The van der Waals surface area contributed by atoms with Crippen molar-refractivity contribution < 1.29 is 9.59 Å². The number of aromatic amines is 1. The Kier molecular flexibility index (Phi) is 5.73. The maximum absolute atomic E-state index is 12.2. The maximum Gasteiger partial charge on any atom is 0.276 e. The van der Waals surface area contributed by atoms with Crippen LogP contribution in [0.25, 0.3) is 0 Å². The van der Waals surface area contributed by atoms with Crippen LogP contribution in [0.5, 0.6) is 0 Å². The van der Waals surface area contributed by atoms with Crippen molar-refractivity contribution in [3.05, 3.63) is 47.3 Å². The van der Waals surface area contributed by atoms with E-state index in [-0.39, 0.29) is 17.9 Å². The summed E-state index contributed by atoms with van der Waals surface area (Å²) in [5.41, 5.74) is 2.47. The fraction of sp³-hybridized carbons (Fsp3) is 0.389. The molecule has 1 aromatic heterocycles. The van der Waals surface area contributed by atoms with Crippen molar-refractivity contribution in [1.82, 2.24) is 15.5 Å². The van der Waals surface area contributed by atoms with Gasteiger partial charge in [-0.2, -0.15) is 5.10 Å². The van der Waals surface area contributed by atoms with Gasteiger partial charge in [0.1, 0.15) is 0 Å². The van der Waals surface area contributed by atoms with Crippen LogP contribution in [0.1, 0.15) is 54.2 Å². The molecule has 2 aromatic rings. The SMILES string of the molecule is CC(C)Cc1cc(C(=O)Nc2ccc(C(=O)NC(C)C)cc2)n[nH]1. The van der Waals surface area contributed by atoms with Gasteiger partial charge in [0.05, 0.1) is 0 Å². The van der Waals surface area contributed by atoms with E-state index in [1.807, 2.05) is 13.8 Å². The third-order valence-electron chi connectivity index (χ3n) is 3.32. The Hall–Kier alpha value is -2.63. The van der Waals surface area contributed by atoms with Crippen LogP contribution in [0, 0.1) is 5.92 Å². The minimum absolute atomic E-state index is 0.0802. The van der Waals surface area contributed by atoms with Crippen molar-refractivity contribution in [3.8, 4) is 0 Å². The molecule has 6 heteroatoms. The van der Waals surface area contributed by atoms with Gasteiger partial charge in [-0.3, -0.25) is 14.7 Å². The quantitative estimate of drug-likeness (QED) is 0.762. The van der Waals surface area contributed by atoms with E-state index in [9.17, 15) is 9.59 Å². The molecule has 2 amide bonds. The Morgan fingerprint density at radius 3 is 2.33 bits per heavy atom. The van der Waals surface area contributed by atoms with Crippen molar-refractivity contribution in [2.24, 2.45) is 5.92 Å². The number of rotatable bonds is 6. The number of H-pyrrole nitrogens is 1. The summed E-state index contributed by atoms with van der Waals surface area (Å²) < 4.78 is 0. The Labute approximate surface area is 142 Å². The summed E-state index contributed by atoms with van der Waals surface area (Å²) in [6.45, 7) is 8.03. The first-order valence-electron chi connectivity index (χ1n) is 8.11. The van der Waals surface area contributed by atoms with Gasteiger partial charge in [0.15, 0.2) is 5.69 Å². The van der Waals surface area contributed by atoms with Gasteiger partial charge in [-0.25, -0.2) is 0 Å². The number of benzene rings is 1. The van der Waals surface area contributed by atoms with E-state index in [4.69, 9.17) is 0 Å². The summed E-state index contributed by atoms with van der Waals surface area (Å²) in [4.78, 5) is 24.1. The first-order valence-corrected chi connectivity index (χ1v) is 8.11. The van der Waals surface area contributed by atoms with Crippen molar-refractivity contribution in [3.63, 3.8) is 0 Å². The molecule has 6 nitrogen and oxygen atoms in total. The van der Waals surface area contributed by atoms with E-state index in [1.165, 1.54) is 0 Å². The lowest BCUT2D eigenvalue weighted by Gasteiger charge is -2.09. The molecule has 0 spiro atoms. The summed E-state index contributed by atoms with van der Waals surface area (Å²) in [6, 6.07) is 8.62. The van der Waals surface area contributed by atoms with Gasteiger partial charge >= 0.3 is 0 Å². The Bertz CT molecular complexity index is 702. The average molecular weight is 328 g/mol. The standard InChI is InChI=1S/C18H24N4O2/c1-11(2)9-15-10-16(22-21-15)18(24)20-14-7-5-13(6-8-14)17(23)19-12(3)4/h5-8,10-12H,9H2,1-4H3,(H,19,23)(H,20,24)(H,21,22). The molecule has 2 rings (SSSR count). The number of carbonyl (C=O) groups is 2. The molecule has 0 bridgehead atoms. The number of aromatic nitrogens is 2. The van der Waals surface area contributed by atoms with Gasteiger partial charge in [0.2, 0.25) is 0 Å². The fourth-order valence-corrected chi connectivity index (χ4v) is 2.27. The lowest BCUT2D eigenvalue weighted by Crippen LogP contribution is -2.30. The first-order chi connectivity index (χ1) is 11.3. The van der Waals surface area contributed by atoms with E-state index in [2.05, 4.69) is 34.7 Å². The van der Waals surface area contributed by atoms with Crippen LogP contribution in [-0.2, 0) is 6.42 Å². The highest BCUT2D eigenvalue weighted by Gasteiger charge is 2.12. The molecule has 1 aromatic carbocycles. The number of carbonyl (C=O) groups excluding carboxylic acids is 2. The smallest absolute Gasteiger partial charge is 0.276 e. The molecule has 0 saturated carbocycles. The first kappa shape index (κ1) is 17.7. The second kappa shape index (κ2) is 7.77. The van der Waals surface area contributed by atoms with Crippen LogP contribution < -0.4 is 10.6 Å². The number of hydrogen-bond acceptors (Lipinski definition) is 3. The molecule has 0 fully saturated rings. The molecule has 128 valence electrons. The molecule has 0 aliphatic carbocycles. The van der Waals surface area contributed by atoms with Gasteiger partial charge in [-0.15, -0.1) is 0 Å². The zero-order chi connectivity index (χ0) is 17.7. The van der Waals surface area contributed by atoms with Crippen molar-refractivity contribution in [2.45, 2.75) is 40.2 Å². The largest absolute Gasteiger partial charge is 0.350 e. The molecule has 0 unspecified atom stereocenters. The topological polar surface area (TPSA) is 86.9 Å². The van der Waals surface area contributed by atoms with Crippen molar-refractivity contribution in [2.75, 3.05) is 5.32 Å². The van der Waals surface area contributed by atoms with Gasteiger partial charge in [0.25, 0.3) is 11.8 Å². The molecular formula is C18H24N4O2. The monoisotopic (exact) mass is 328 g/mol. The van der Waals surface area contributed by atoms with E-state index >= 15 is 0 Å². The summed E-state index contributed by atoms with van der Waals surface area (Å²) in [5.74, 6) is 0.0834. The zero-order valence-electron chi connectivity index (χ0n) is 14.5. The number of nitrogens with zero attached hydrogens (tertiary/aromatic N) is 1. The van der Waals surface area contributed by atoms with E-state index < -0.39 is 0 Å². The summed E-state index contributed by atoms with van der Waals surface area (Å²) in [5, 5.41) is 12.5. The zero-order valence-corrected chi connectivity index (χ0v) is 14.5. The third kappa shape index (κ3) is 4.94. The highest BCUT2D eigenvalue weighted by atomic mass is 16.2. The molecule has 0 aliphatic rings.